The Morgan fingerprint density at radius 1 is 1.38 bits per heavy atom. The molecule has 0 spiro atoms. The van der Waals surface area contributed by atoms with Crippen LogP contribution in [0, 0.1) is 0 Å². The van der Waals surface area contributed by atoms with Gasteiger partial charge in [-0.25, -0.2) is 0 Å². The minimum atomic E-state index is -0.959. The van der Waals surface area contributed by atoms with Crippen LogP contribution in [0.25, 0.3) is 0 Å². The maximum Gasteiger partial charge on any atom is 0.320 e. The quantitative estimate of drug-likeness (QED) is 0.794. The third-order valence-electron chi connectivity index (χ3n) is 1.62. The van der Waals surface area contributed by atoms with Crippen LogP contribution in [-0.4, -0.2) is 17.1 Å². The molecule has 1 rings (SSSR count). The number of nitrogens with two attached hydrogens (primary N) is 1. The van der Waals surface area contributed by atoms with Crippen LogP contribution < -0.4 is 5.73 Å². The third kappa shape index (κ3) is 4.24. The third-order valence-corrected chi connectivity index (χ3v) is 1.62. The van der Waals surface area contributed by atoms with Crippen LogP contribution in [0.15, 0.2) is 30.3 Å². The maximum absolute atomic E-state index is 10.4. The number of carboxylic acid groups (broad SMARTS) is 1. The zero-order valence-electron chi connectivity index (χ0n) is 6.91. The Hall–Kier alpha value is -0.610. The second-order valence-corrected chi connectivity index (χ2v) is 2.63. The fraction of sp³-hybridized carbons (Fsp3) is 0.222. The summed E-state index contributed by atoms with van der Waals surface area (Å²) in [5.41, 5.74) is 6.30. The van der Waals surface area contributed by atoms with E-state index in [-0.39, 0.29) is 22.4 Å². The van der Waals surface area contributed by atoms with Crippen molar-refractivity contribution in [1.29, 1.82) is 0 Å². The molecule has 0 amide bonds. The first-order valence-electron chi connectivity index (χ1n) is 3.72. The van der Waals surface area contributed by atoms with Gasteiger partial charge in [-0.15, -0.1) is 0 Å². The van der Waals surface area contributed by atoms with Gasteiger partial charge in [-0.3, -0.25) is 4.79 Å². The van der Waals surface area contributed by atoms with E-state index < -0.39 is 12.0 Å². The fourth-order valence-electron chi connectivity index (χ4n) is 0.955. The van der Waals surface area contributed by atoms with E-state index in [2.05, 4.69) is 0 Å². The first kappa shape index (κ1) is 12.4. The van der Waals surface area contributed by atoms with E-state index in [4.69, 9.17) is 10.8 Å². The van der Waals surface area contributed by atoms with Crippen LogP contribution in [0.4, 0.5) is 0 Å². The second kappa shape index (κ2) is 5.94. The van der Waals surface area contributed by atoms with Gasteiger partial charge in [0.2, 0.25) is 0 Å². The molecule has 0 heterocycles. The van der Waals surface area contributed by atoms with Crippen molar-refractivity contribution in [1.82, 2.24) is 0 Å². The maximum atomic E-state index is 10.4. The van der Waals surface area contributed by atoms with Crippen molar-refractivity contribution in [3.63, 3.8) is 0 Å². The molecule has 0 aromatic heterocycles. The van der Waals surface area contributed by atoms with Crippen molar-refractivity contribution in [2.24, 2.45) is 5.73 Å². The summed E-state index contributed by atoms with van der Waals surface area (Å²) in [6.07, 6.45) is 0.385. The summed E-state index contributed by atoms with van der Waals surface area (Å²) < 4.78 is 0. The number of hydrogen-bond acceptors (Lipinski definition) is 2. The minimum absolute atomic E-state index is 0. The van der Waals surface area contributed by atoms with Crippen molar-refractivity contribution in [3.05, 3.63) is 35.9 Å². The molecule has 0 saturated carbocycles. The van der Waals surface area contributed by atoms with Gasteiger partial charge in [0.1, 0.15) is 6.04 Å². The zero-order chi connectivity index (χ0) is 8.97. The Morgan fingerprint density at radius 3 is 2.38 bits per heavy atom. The number of carboxylic acids is 1. The van der Waals surface area contributed by atoms with Gasteiger partial charge >= 0.3 is 5.97 Å². The van der Waals surface area contributed by atoms with Crippen molar-refractivity contribution >= 4 is 5.97 Å². The van der Waals surface area contributed by atoms with Crippen LogP contribution >= 0.6 is 0 Å². The Balaban J connectivity index is 0.00000144. The molecule has 0 aliphatic rings. The summed E-state index contributed by atoms with van der Waals surface area (Å²) in [6.45, 7) is 0. The molecule has 3 nitrogen and oxygen atoms in total. The van der Waals surface area contributed by atoms with Gasteiger partial charge in [-0.2, -0.15) is 0 Å². The van der Waals surface area contributed by atoms with Crippen LogP contribution in [0.1, 0.15) is 5.56 Å². The molecular formula is C9H11AgNO2. The van der Waals surface area contributed by atoms with Gasteiger partial charge in [0.25, 0.3) is 0 Å². The Morgan fingerprint density at radius 2 is 1.92 bits per heavy atom. The summed E-state index contributed by atoms with van der Waals surface area (Å²) in [5.74, 6) is -0.959. The number of rotatable bonds is 3. The molecule has 1 aromatic rings. The van der Waals surface area contributed by atoms with Crippen molar-refractivity contribution < 1.29 is 32.3 Å². The van der Waals surface area contributed by atoms with Gasteiger partial charge in [0.15, 0.2) is 0 Å². The van der Waals surface area contributed by atoms with E-state index in [0.717, 1.165) is 5.56 Å². The molecule has 1 atom stereocenters. The molecule has 1 unspecified atom stereocenters. The van der Waals surface area contributed by atoms with Crippen LogP contribution in [-0.2, 0) is 33.6 Å². The Kier molecular flexibility index (Phi) is 5.66. The first-order chi connectivity index (χ1) is 5.70. The standard InChI is InChI=1S/C9H11NO2.Ag/c10-8(9(11)12)6-7-4-2-1-3-5-7;/h1-5,8H,6,10H2,(H,11,12);. The van der Waals surface area contributed by atoms with Crippen LogP contribution in [0.5, 0.6) is 0 Å². The number of benzene rings is 1. The molecule has 13 heavy (non-hydrogen) atoms. The Bertz CT molecular complexity index is 264. The molecule has 75 valence electrons. The van der Waals surface area contributed by atoms with E-state index in [1.165, 1.54) is 0 Å². The molecule has 4 heteroatoms. The Labute approximate surface area is 92.5 Å². The summed E-state index contributed by atoms with van der Waals surface area (Å²) in [5, 5.41) is 8.52. The van der Waals surface area contributed by atoms with Gasteiger partial charge in [0.05, 0.1) is 0 Å². The van der Waals surface area contributed by atoms with E-state index >= 15 is 0 Å². The van der Waals surface area contributed by atoms with Crippen molar-refractivity contribution in [2.45, 2.75) is 12.5 Å². The molecule has 1 aromatic carbocycles. The zero-order valence-corrected chi connectivity index (χ0v) is 8.39. The van der Waals surface area contributed by atoms with Crippen LogP contribution in [0.2, 0.25) is 0 Å². The molecule has 1 radical (unpaired) electrons. The fourth-order valence-corrected chi connectivity index (χ4v) is 0.955. The molecule has 0 fully saturated rings. The average Bonchev–Trinajstić information content (AvgIpc) is 2.06. The van der Waals surface area contributed by atoms with Gasteiger partial charge in [-0.1, -0.05) is 30.3 Å². The SMILES string of the molecule is NC(Cc1ccccc1)C(=O)O.[Ag]. The van der Waals surface area contributed by atoms with E-state index in [9.17, 15) is 4.79 Å². The van der Waals surface area contributed by atoms with Crippen molar-refractivity contribution in [3.8, 4) is 0 Å². The van der Waals surface area contributed by atoms with Crippen molar-refractivity contribution in [2.75, 3.05) is 0 Å². The topological polar surface area (TPSA) is 63.3 Å². The molecular weight excluding hydrogens is 262 g/mol. The first-order valence-corrected chi connectivity index (χ1v) is 3.72. The molecule has 0 aliphatic heterocycles. The minimum Gasteiger partial charge on any atom is -0.480 e. The number of carbonyl (C=O) groups is 1. The second-order valence-electron chi connectivity index (χ2n) is 2.63. The number of aliphatic carboxylic acids is 1. The van der Waals surface area contributed by atoms with E-state index in [1.807, 2.05) is 30.3 Å². The van der Waals surface area contributed by atoms with Gasteiger partial charge in [-0.05, 0) is 12.0 Å². The van der Waals surface area contributed by atoms with Gasteiger partial charge < -0.3 is 10.8 Å². The monoisotopic (exact) mass is 272 g/mol. The predicted molar refractivity (Wildman–Crippen MR) is 45.8 cm³/mol. The predicted octanol–water partition coefficient (Wildman–Crippen LogP) is 0.639. The molecule has 0 bridgehead atoms. The molecule has 0 aliphatic carbocycles. The molecule has 3 N–H and O–H groups in total. The smallest absolute Gasteiger partial charge is 0.320 e. The summed E-state index contributed by atoms with van der Waals surface area (Å²) >= 11 is 0. The normalized spacial score (nSPS) is 11.5. The average molecular weight is 273 g/mol. The summed E-state index contributed by atoms with van der Waals surface area (Å²) in [6, 6.07) is 8.54. The van der Waals surface area contributed by atoms with E-state index in [0.29, 0.717) is 6.42 Å². The number of hydrogen-bond donors (Lipinski definition) is 2. The summed E-state index contributed by atoms with van der Waals surface area (Å²) in [4.78, 5) is 10.4. The molecule has 0 saturated heterocycles. The van der Waals surface area contributed by atoms with E-state index in [1.54, 1.807) is 0 Å². The largest absolute Gasteiger partial charge is 0.480 e. The summed E-state index contributed by atoms with van der Waals surface area (Å²) in [7, 11) is 0. The van der Waals surface area contributed by atoms with Crippen LogP contribution in [0.3, 0.4) is 0 Å². The van der Waals surface area contributed by atoms with Gasteiger partial charge in [0, 0.05) is 22.4 Å².